The number of nitrogens with one attached hydrogen (secondary N) is 1. The van der Waals surface area contributed by atoms with Crippen LogP contribution < -0.4 is 11.1 Å². The van der Waals surface area contributed by atoms with Crippen molar-refractivity contribution in [3.63, 3.8) is 0 Å². The zero-order valence-corrected chi connectivity index (χ0v) is 9.48. The van der Waals surface area contributed by atoms with Crippen LogP contribution in [-0.2, 0) is 4.74 Å². The Labute approximate surface area is 98.9 Å². The zero-order valence-electron chi connectivity index (χ0n) is 9.48. The summed E-state index contributed by atoms with van der Waals surface area (Å²) in [6.45, 7) is 1.55. The Morgan fingerprint density at radius 1 is 1.41 bits per heavy atom. The number of nitrogens with zero attached hydrogens (tertiary/aromatic N) is 1. The number of oxazole rings is 1. The molecule has 1 aliphatic rings. The van der Waals surface area contributed by atoms with E-state index in [0.29, 0.717) is 29.4 Å². The van der Waals surface area contributed by atoms with E-state index in [2.05, 4.69) is 10.3 Å². The van der Waals surface area contributed by atoms with Crippen molar-refractivity contribution in [3.8, 4) is 0 Å². The second-order valence-corrected chi connectivity index (χ2v) is 4.27. The molecule has 1 aliphatic heterocycles. The third-order valence-electron chi connectivity index (χ3n) is 2.94. The van der Waals surface area contributed by atoms with Crippen LogP contribution in [0.15, 0.2) is 22.6 Å². The van der Waals surface area contributed by atoms with Crippen molar-refractivity contribution in [1.82, 2.24) is 4.98 Å². The number of nitrogen functional groups attached to an aromatic ring is 1. The van der Waals surface area contributed by atoms with E-state index in [-0.39, 0.29) is 6.04 Å². The van der Waals surface area contributed by atoms with E-state index in [4.69, 9.17) is 14.9 Å². The number of hydrogen-bond acceptors (Lipinski definition) is 5. The molecule has 2 aromatic rings. The first-order valence-electron chi connectivity index (χ1n) is 5.82. The van der Waals surface area contributed by atoms with Crippen LogP contribution in [0, 0.1) is 0 Å². The number of rotatable bonds is 2. The first kappa shape index (κ1) is 10.4. The monoisotopic (exact) mass is 233 g/mol. The van der Waals surface area contributed by atoms with Crippen molar-refractivity contribution in [2.75, 3.05) is 24.3 Å². The molecule has 0 spiro atoms. The van der Waals surface area contributed by atoms with Crippen LogP contribution >= 0.6 is 0 Å². The van der Waals surface area contributed by atoms with Gasteiger partial charge in [0.2, 0.25) is 0 Å². The number of benzene rings is 1. The molecule has 2 heterocycles. The minimum atomic E-state index is 0.276. The summed E-state index contributed by atoms with van der Waals surface area (Å²) in [5.74, 6) is 0. The molecule has 1 aromatic heterocycles. The normalized spacial score (nSPS) is 20.6. The summed E-state index contributed by atoms with van der Waals surface area (Å²) in [6, 6.07) is 6.34. The molecular formula is C12H15N3O2. The predicted molar refractivity (Wildman–Crippen MR) is 65.9 cm³/mol. The first-order chi connectivity index (χ1) is 8.33. The average molecular weight is 233 g/mol. The van der Waals surface area contributed by atoms with Crippen LogP contribution in [-0.4, -0.2) is 24.2 Å². The molecule has 1 atom stereocenters. The number of ether oxygens (including phenoxy) is 1. The molecule has 3 rings (SSSR count). The van der Waals surface area contributed by atoms with E-state index >= 15 is 0 Å². The van der Waals surface area contributed by atoms with Crippen LogP contribution in [0.1, 0.15) is 12.8 Å². The molecule has 1 unspecified atom stereocenters. The molecule has 90 valence electrons. The molecule has 3 N–H and O–H groups in total. The summed E-state index contributed by atoms with van der Waals surface area (Å²) in [5, 5.41) is 3.24. The van der Waals surface area contributed by atoms with E-state index in [1.165, 1.54) is 0 Å². The van der Waals surface area contributed by atoms with Crippen LogP contribution in [0.5, 0.6) is 0 Å². The molecule has 1 aromatic carbocycles. The van der Waals surface area contributed by atoms with E-state index in [1.54, 1.807) is 0 Å². The Balaban J connectivity index is 1.83. The fourth-order valence-corrected chi connectivity index (χ4v) is 2.06. The third kappa shape index (κ3) is 2.06. The zero-order chi connectivity index (χ0) is 11.7. The number of hydrogen-bond donors (Lipinski definition) is 2. The van der Waals surface area contributed by atoms with Crippen LogP contribution in [0.3, 0.4) is 0 Å². The first-order valence-corrected chi connectivity index (χ1v) is 5.82. The van der Waals surface area contributed by atoms with Gasteiger partial charge in [-0.3, -0.25) is 0 Å². The molecule has 5 heteroatoms. The Morgan fingerprint density at radius 2 is 2.35 bits per heavy atom. The average Bonchev–Trinajstić information content (AvgIpc) is 2.74. The molecule has 1 saturated heterocycles. The molecular weight excluding hydrogens is 218 g/mol. The molecule has 0 amide bonds. The summed E-state index contributed by atoms with van der Waals surface area (Å²) in [7, 11) is 0. The molecule has 0 saturated carbocycles. The van der Waals surface area contributed by atoms with Gasteiger partial charge < -0.3 is 20.2 Å². The van der Waals surface area contributed by atoms with Gasteiger partial charge in [-0.25, -0.2) is 0 Å². The highest BCUT2D eigenvalue weighted by Gasteiger charge is 2.16. The number of para-hydroxylation sites is 1. The maximum Gasteiger partial charge on any atom is 0.296 e. The Hall–Kier alpha value is -1.75. The van der Waals surface area contributed by atoms with Gasteiger partial charge in [0.25, 0.3) is 6.01 Å². The summed E-state index contributed by atoms with van der Waals surface area (Å²) in [5.41, 5.74) is 7.89. The van der Waals surface area contributed by atoms with Gasteiger partial charge >= 0.3 is 0 Å². The van der Waals surface area contributed by atoms with Gasteiger partial charge in [0.15, 0.2) is 5.58 Å². The Kier molecular flexibility index (Phi) is 2.60. The Morgan fingerprint density at radius 3 is 3.12 bits per heavy atom. The molecule has 0 aliphatic carbocycles. The van der Waals surface area contributed by atoms with Gasteiger partial charge in [-0.2, -0.15) is 4.98 Å². The van der Waals surface area contributed by atoms with E-state index < -0.39 is 0 Å². The van der Waals surface area contributed by atoms with Crippen molar-refractivity contribution in [2.24, 2.45) is 0 Å². The van der Waals surface area contributed by atoms with Crippen molar-refractivity contribution < 1.29 is 9.15 Å². The predicted octanol–water partition coefficient (Wildman–Crippen LogP) is 2.00. The maximum atomic E-state index is 5.83. The van der Waals surface area contributed by atoms with Crippen LogP contribution in [0.2, 0.25) is 0 Å². The van der Waals surface area contributed by atoms with E-state index in [0.717, 1.165) is 19.4 Å². The molecule has 0 radical (unpaired) electrons. The van der Waals surface area contributed by atoms with Crippen LogP contribution in [0.25, 0.3) is 11.1 Å². The van der Waals surface area contributed by atoms with Crippen molar-refractivity contribution in [2.45, 2.75) is 18.9 Å². The van der Waals surface area contributed by atoms with Crippen molar-refractivity contribution >= 4 is 22.8 Å². The van der Waals surface area contributed by atoms with Crippen molar-refractivity contribution in [1.29, 1.82) is 0 Å². The van der Waals surface area contributed by atoms with Gasteiger partial charge in [-0.1, -0.05) is 6.07 Å². The quantitative estimate of drug-likeness (QED) is 0.776. The smallest absolute Gasteiger partial charge is 0.296 e. The van der Waals surface area contributed by atoms with Gasteiger partial charge in [0.05, 0.1) is 18.3 Å². The lowest BCUT2D eigenvalue weighted by molar-refractivity contribution is 0.0869. The fourth-order valence-electron chi connectivity index (χ4n) is 2.06. The molecule has 5 nitrogen and oxygen atoms in total. The topological polar surface area (TPSA) is 73.3 Å². The highest BCUT2D eigenvalue weighted by atomic mass is 16.5. The number of nitrogens with two attached hydrogens (primary N) is 1. The maximum absolute atomic E-state index is 5.83. The second-order valence-electron chi connectivity index (χ2n) is 4.27. The van der Waals surface area contributed by atoms with E-state index in [9.17, 15) is 0 Å². The second kappa shape index (κ2) is 4.25. The summed E-state index contributed by atoms with van der Waals surface area (Å²) in [4.78, 5) is 4.35. The highest BCUT2D eigenvalue weighted by molar-refractivity contribution is 5.86. The number of fused-ring (bicyclic) bond motifs is 1. The molecule has 1 fully saturated rings. The minimum Gasteiger partial charge on any atom is -0.423 e. The van der Waals surface area contributed by atoms with Gasteiger partial charge in [-0.15, -0.1) is 0 Å². The van der Waals surface area contributed by atoms with Gasteiger partial charge in [-0.05, 0) is 25.0 Å². The lowest BCUT2D eigenvalue weighted by Crippen LogP contribution is -2.30. The standard InChI is InChI=1S/C12H15N3O2/c13-9-4-1-5-10-11(9)15-12(17-10)14-8-3-2-6-16-7-8/h1,4-5,8H,2-3,6-7,13H2,(H,14,15). The lowest BCUT2D eigenvalue weighted by atomic mass is 10.1. The lowest BCUT2D eigenvalue weighted by Gasteiger charge is -2.21. The van der Waals surface area contributed by atoms with E-state index in [1.807, 2.05) is 18.2 Å². The van der Waals surface area contributed by atoms with Crippen LogP contribution in [0.4, 0.5) is 11.7 Å². The summed E-state index contributed by atoms with van der Waals surface area (Å²) < 4.78 is 11.0. The molecule has 17 heavy (non-hydrogen) atoms. The molecule has 0 bridgehead atoms. The van der Waals surface area contributed by atoms with Crippen molar-refractivity contribution in [3.05, 3.63) is 18.2 Å². The summed E-state index contributed by atoms with van der Waals surface area (Å²) >= 11 is 0. The highest BCUT2D eigenvalue weighted by Crippen LogP contribution is 2.24. The Bertz CT molecular complexity index is 517. The fraction of sp³-hybridized carbons (Fsp3) is 0.417. The van der Waals surface area contributed by atoms with Gasteiger partial charge in [0.1, 0.15) is 5.52 Å². The largest absolute Gasteiger partial charge is 0.423 e. The third-order valence-corrected chi connectivity index (χ3v) is 2.94. The summed E-state index contributed by atoms with van der Waals surface area (Å²) in [6.07, 6.45) is 2.15. The van der Waals surface area contributed by atoms with Gasteiger partial charge in [0, 0.05) is 6.61 Å². The number of anilines is 2. The minimum absolute atomic E-state index is 0.276. The number of aromatic nitrogens is 1. The SMILES string of the molecule is Nc1cccc2oc(NC3CCCOC3)nc12.